The molecule has 0 aromatic heterocycles. The Balaban J connectivity index is 1.56. The van der Waals surface area contributed by atoms with Crippen molar-refractivity contribution < 1.29 is 14.2 Å². The van der Waals surface area contributed by atoms with Crippen molar-refractivity contribution in [2.24, 2.45) is 0 Å². The van der Waals surface area contributed by atoms with Gasteiger partial charge in [0.2, 0.25) is 0 Å². The van der Waals surface area contributed by atoms with Crippen molar-refractivity contribution in [3.05, 3.63) is 54.1 Å². The fourth-order valence-electron chi connectivity index (χ4n) is 3.21. The van der Waals surface area contributed by atoms with Crippen LogP contribution in [0.25, 0.3) is 0 Å². The molecule has 1 aliphatic rings. The number of ether oxygens (including phenoxy) is 3. The fraction of sp³-hybridized carbons (Fsp3) is 0.478. The third-order valence-corrected chi connectivity index (χ3v) is 4.78. The molecule has 4 heteroatoms. The van der Waals surface area contributed by atoms with Gasteiger partial charge >= 0.3 is 0 Å². The highest BCUT2D eigenvalue weighted by Crippen LogP contribution is 2.27. The van der Waals surface area contributed by atoms with Gasteiger partial charge in [-0.2, -0.15) is 0 Å². The number of hydrogen-bond donors (Lipinski definition) is 1. The number of nitrogens with one attached hydrogen (secondary N) is 1. The van der Waals surface area contributed by atoms with Crippen molar-refractivity contribution >= 4 is 5.69 Å². The predicted molar refractivity (Wildman–Crippen MR) is 110 cm³/mol. The van der Waals surface area contributed by atoms with Crippen LogP contribution < -0.4 is 14.8 Å². The fourth-order valence-corrected chi connectivity index (χ4v) is 3.21. The summed E-state index contributed by atoms with van der Waals surface area (Å²) < 4.78 is 17.7. The summed E-state index contributed by atoms with van der Waals surface area (Å²) in [6, 6.07) is 16.3. The van der Waals surface area contributed by atoms with Crippen molar-refractivity contribution in [1.82, 2.24) is 0 Å². The van der Waals surface area contributed by atoms with Gasteiger partial charge in [0.25, 0.3) is 0 Å². The molecule has 0 saturated carbocycles. The Morgan fingerprint density at radius 2 is 1.81 bits per heavy atom. The van der Waals surface area contributed by atoms with Crippen LogP contribution in [0, 0.1) is 0 Å². The summed E-state index contributed by atoms with van der Waals surface area (Å²) >= 11 is 0. The zero-order chi connectivity index (χ0) is 18.7. The van der Waals surface area contributed by atoms with Gasteiger partial charge in [-0.15, -0.1) is 0 Å². The van der Waals surface area contributed by atoms with Gasteiger partial charge in [0.1, 0.15) is 18.1 Å². The molecule has 27 heavy (non-hydrogen) atoms. The molecule has 0 bridgehead atoms. The molecule has 1 heterocycles. The molecule has 1 unspecified atom stereocenters. The van der Waals surface area contributed by atoms with Crippen LogP contribution in [0.15, 0.2) is 48.5 Å². The standard InChI is InChI=1S/C23H31NO3/c1-2-3-8-15-26-22-13-6-4-10-19(22)17-24-21-12-5-7-14-23(21)27-18-20-11-9-16-25-20/h4-7,10,12-14,20,24H,2-3,8-9,11,15-18H2,1H3. The maximum Gasteiger partial charge on any atom is 0.142 e. The highest BCUT2D eigenvalue weighted by Gasteiger charge is 2.16. The Hall–Kier alpha value is -2.20. The van der Waals surface area contributed by atoms with Crippen LogP contribution in [0.3, 0.4) is 0 Å². The van der Waals surface area contributed by atoms with Crippen LogP contribution in [0.1, 0.15) is 44.6 Å². The van der Waals surface area contributed by atoms with Crippen LogP contribution in [-0.4, -0.2) is 25.9 Å². The molecule has 2 aromatic rings. The van der Waals surface area contributed by atoms with Crippen molar-refractivity contribution in [1.29, 1.82) is 0 Å². The minimum atomic E-state index is 0.218. The molecule has 1 aliphatic heterocycles. The maximum atomic E-state index is 6.01. The smallest absolute Gasteiger partial charge is 0.142 e. The third-order valence-electron chi connectivity index (χ3n) is 4.78. The maximum absolute atomic E-state index is 6.01. The van der Waals surface area contributed by atoms with Gasteiger partial charge in [0.05, 0.1) is 18.4 Å². The Labute approximate surface area is 162 Å². The second kappa shape index (κ2) is 10.8. The first kappa shape index (κ1) is 19.6. The summed E-state index contributed by atoms with van der Waals surface area (Å²) in [4.78, 5) is 0. The van der Waals surface area contributed by atoms with E-state index in [2.05, 4.69) is 30.4 Å². The Morgan fingerprint density at radius 3 is 2.63 bits per heavy atom. The number of benzene rings is 2. The first-order valence-electron chi connectivity index (χ1n) is 10.1. The average molecular weight is 370 g/mol. The van der Waals surface area contributed by atoms with Gasteiger partial charge in [-0.1, -0.05) is 50.1 Å². The SMILES string of the molecule is CCCCCOc1ccccc1CNc1ccccc1OCC1CCCO1. The first-order valence-corrected chi connectivity index (χ1v) is 10.1. The lowest BCUT2D eigenvalue weighted by molar-refractivity contribution is 0.0682. The Morgan fingerprint density at radius 1 is 1.00 bits per heavy atom. The molecule has 1 atom stereocenters. The first-order chi connectivity index (χ1) is 13.4. The number of unbranched alkanes of at least 4 members (excludes halogenated alkanes) is 2. The van der Waals surface area contributed by atoms with E-state index in [1.807, 2.05) is 30.3 Å². The number of rotatable bonds is 11. The van der Waals surface area contributed by atoms with Gasteiger partial charge in [-0.3, -0.25) is 0 Å². The van der Waals surface area contributed by atoms with Gasteiger partial charge in [-0.05, 0) is 37.5 Å². The van der Waals surface area contributed by atoms with Crippen molar-refractivity contribution in [2.75, 3.05) is 25.1 Å². The molecule has 2 aromatic carbocycles. The summed E-state index contributed by atoms with van der Waals surface area (Å²) in [5, 5.41) is 3.50. The highest BCUT2D eigenvalue weighted by atomic mass is 16.5. The zero-order valence-electron chi connectivity index (χ0n) is 16.3. The average Bonchev–Trinajstić information content (AvgIpc) is 3.23. The molecule has 146 valence electrons. The Kier molecular flexibility index (Phi) is 7.84. The predicted octanol–water partition coefficient (Wildman–Crippen LogP) is 5.43. The summed E-state index contributed by atoms with van der Waals surface area (Å²) in [5.41, 5.74) is 2.15. The monoisotopic (exact) mass is 369 g/mol. The van der Waals surface area contributed by atoms with Gasteiger partial charge in [0.15, 0.2) is 0 Å². The van der Waals surface area contributed by atoms with E-state index in [0.717, 1.165) is 55.2 Å². The van der Waals surface area contributed by atoms with E-state index in [4.69, 9.17) is 14.2 Å². The number of hydrogen-bond acceptors (Lipinski definition) is 4. The molecule has 4 nitrogen and oxygen atoms in total. The lowest BCUT2D eigenvalue weighted by atomic mass is 10.2. The summed E-state index contributed by atoms with van der Waals surface area (Å²) in [6.07, 6.45) is 5.93. The van der Waals surface area contributed by atoms with Crippen molar-refractivity contribution in [2.45, 2.75) is 51.7 Å². The quantitative estimate of drug-likeness (QED) is 0.537. The van der Waals surface area contributed by atoms with Crippen molar-refractivity contribution in [3.63, 3.8) is 0 Å². The van der Waals surface area contributed by atoms with E-state index in [-0.39, 0.29) is 6.10 Å². The largest absolute Gasteiger partial charge is 0.493 e. The van der Waals surface area contributed by atoms with Crippen LogP contribution in [0.5, 0.6) is 11.5 Å². The third kappa shape index (κ3) is 6.17. The number of para-hydroxylation sites is 3. The molecule has 0 amide bonds. The summed E-state index contributed by atoms with van der Waals surface area (Å²) in [5.74, 6) is 1.83. The van der Waals surface area contributed by atoms with E-state index in [0.29, 0.717) is 13.2 Å². The summed E-state index contributed by atoms with van der Waals surface area (Å²) in [7, 11) is 0. The normalized spacial score (nSPS) is 16.3. The zero-order valence-corrected chi connectivity index (χ0v) is 16.3. The molecule has 0 aliphatic carbocycles. The van der Waals surface area contributed by atoms with Crippen LogP contribution in [0.2, 0.25) is 0 Å². The molecule has 0 spiro atoms. The lowest BCUT2D eigenvalue weighted by Crippen LogP contribution is -2.17. The van der Waals surface area contributed by atoms with E-state index >= 15 is 0 Å². The summed E-state index contributed by atoms with van der Waals surface area (Å²) in [6.45, 7) is 5.13. The molecular formula is C23H31NO3. The van der Waals surface area contributed by atoms with Crippen LogP contribution in [-0.2, 0) is 11.3 Å². The Bertz CT molecular complexity index is 683. The number of anilines is 1. The molecule has 1 fully saturated rings. The molecular weight excluding hydrogens is 338 g/mol. The van der Waals surface area contributed by atoms with Gasteiger partial charge in [0, 0.05) is 18.7 Å². The molecule has 1 saturated heterocycles. The van der Waals surface area contributed by atoms with E-state index in [9.17, 15) is 0 Å². The van der Waals surface area contributed by atoms with Crippen LogP contribution in [0.4, 0.5) is 5.69 Å². The molecule has 3 rings (SSSR count). The molecule has 1 N–H and O–H groups in total. The van der Waals surface area contributed by atoms with Crippen molar-refractivity contribution in [3.8, 4) is 11.5 Å². The van der Waals surface area contributed by atoms with Gasteiger partial charge < -0.3 is 19.5 Å². The van der Waals surface area contributed by atoms with Gasteiger partial charge in [-0.25, -0.2) is 0 Å². The second-order valence-corrected chi connectivity index (χ2v) is 6.96. The minimum Gasteiger partial charge on any atom is -0.493 e. The second-order valence-electron chi connectivity index (χ2n) is 6.96. The topological polar surface area (TPSA) is 39.7 Å². The lowest BCUT2D eigenvalue weighted by Gasteiger charge is -2.17. The van der Waals surface area contributed by atoms with E-state index < -0.39 is 0 Å². The minimum absolute atomic E-state index is 0.218. The van der Waals surface area contributed by atoms with Crippen LogP contribution >= 0.6 is 0 Å². The molecule has 0 radical (unpaired) electrons. The van der Waals surface area contributed by atoms with E-state index in [1.54, 1.807) is 0 Å². The van der Waals surface area contributed by atoms with E-state index in [1.165, 1.54) is 12.8 Å². The highest BCUT2D eigenvalue weighted by molar-refractivity contribution is 5.56.